The van der Waals surface area contributed by atoms with Crippen LogP contribution in [0.2, 0.25) is 0 Å². The third-order valence-electron chi connectivity index (χ3n) is 3.74. The number of rotatable bonds is 6. The van der Waals surface area contributed by atoms with Crippen molar-refractivity contribution in [2.75, 3.05) is 13.6 Å². The number of furan rings is 1. The average Bonchev–Trinajstić information content (AvgIpc) is 2.84. The molecule has 3 heteroatoms. The molecule has 19 heavy (non-hydrogen) atoms. The second-order valence-corrected chi connectivity index (χ2v) is 4.95. The Kier molecular flexibility index (Phi) is 4.38. The van der Waals surface area contributed by atoms with Crippen LogP contribution in [0.5, 0.6) is 0 Å². The van der Waals surface area contributed by atoms with Crippen molar-refractivity contribution in [1.82, 2.24) is 4.90 Å². The van der Waals surface area contributed by atoms with Gasteiger partial charge in [-0.05, 0) is 26.0 Å². The summed E-state index contributed by atoms with van der Waals surface area (Å²) in [6.07, 6.45) is 3.70. The van der Waals surface area contributed by atoms with Crippen molar-refractivity contribution in [3.8, 4) is 0 Å². The largest absolute Gasteiger partial charge is 0.464 e. The minimum absolute atomic E-state index is 0.124. The van der Waals surface area contributed by atoms with E-state index in [2.05, 4.69) is 18.7 Å². The Morgan fingerprint density at radius 1 is 1.26 bits per heavy atom. The molecule has 0 saturated carbocycles. The van der Waals surface area contributed by atoms with Crippen LogP contribution in [0.1, 0.15) is 37.0 Å². The van der Waals surface area contributed by atoms with Gasteiger partial charge in [0.1, 0.15) is 11.8 Å². The van der Waals surface area contributed by atoms with Gasteiger partial charge in [-0.2, -0.15) is 0 Å². The lowest BCUT2D eigenvalue weighted by molar-refractivity contribution is 0.0916. The van der Waals surface area contributed by atoms with Gasteiger partial charge < -0.3 is 4.42 Å². The molecule has 0 aliphatic heterocycles. The fraction of sp³-hybridized carbons (Fsp3) is 0.438. The molecule has 0 fully saturated rings. The molecule has 1 heterocycles. The molecule has 0 atom stereocenters. The zero-order valence-electron chi connectivity index (χ0n) is 11.8. The molecule has 0 unspecified atom stereocenters. The molecule has 1 aromatic heterocycles. The molecule has 0 amide bonds. The molecule has 0 bridgehead atoms. The average molecular weight is 259 g/mol. The van der Waals surface area contributed by atoms with Crippen molar-refractivity contribution in [3.63, 3.8) is 0 Å². The number of para-hydroxylation sites is 1. The molecule has 0 aliphatic carbocycles. The van der Waals surface area contributed by atoms with Gasteiger partial charge >= 0.3 is 0 Å². The highest BCUT2D eigenvalue weighted by Crippen LogP contribution is 2.21. The SMILES string of the molecule is CCC(CC)N(C)CC(=O)c1coc2ccccc12. The van der Waals surface area contributed by atoms with Gasteiger partial charge in [-0.3, -0.25) is 9.69 Å². The predicted octanol–water partition coefficient (Wildman–Crippen LogP) is 3.74. The zero-order valence-corrected chi connectivity index (χ0v) is 11.8. The number of ketones is 1. The Balaban J connectivity index is 2.16. The maximum absolute atomic E-state index is 12.4. The fourth-order valence-electron chi connectivity index (χ4n) is 2.55. The van der Waals surface area contributed by atoms with Gasteiger partial charge in [0.05, 0.1) is 12.1 Å². The normalized spacial score (nSPS) is 11.6. The number of carbonyl (C=O) groups is 1. The Labute approximate surface area is 114 Å². The van der Waals surface area contributed by atoms with Crippen LogP contribution in [0.15, 0.2) is 34.9 Å². The second kappa shape index (κ2) is 6.02. The number of benzene rings is 1. The topological polar surface area (TPSA) is 33.5 Å². The molecule has 0 saturated heterocycles. The van der Waals surface area contributed by atoms with Crippen LogP contribution in [0.3, 0.4) is 0 Å². The van der Waals surface area contributed by atoms with E-state index in [-0.39, 0.29) is 5.78 Å². The quantitative estimate of drug-likeness (QED) is 0.741. The van der Waals surface area contributed by atoms with Crippen molar-refractivity contribution in [3.05, 3.63) is 36.1 Å². The summed E-state index contributed by atoms with van der Waals surface area (Å²) in [7, 11) is 2.01. The number of hydrogen-bond acceptors (Lipinski definition) is 3. The Hall–Kier alpha value is -1.61. The third kappa shape index (κ3) is 2.87. The maximum Gasteiger partial charge on any atom is 0.180 e. The van der Waals surface area contributed by atoms with Gasteiger partial charge in [0.15, 0.2) is 5.78 Å². The summed E-state index contributed by atoms with van der Waals surface area (Å²) in [5, 5.41) is 0.908. The van der Waals surface area contributed by atoms with Crippen molar-refractivity contribution in [2.45, 2.75) is 32.7 Å². The van der Waals surface area contributed by atoms with Gasteiger partial charge in [0.25, 0.3) is 0 Å². The first kappa shape index (κ1) is 13.8. The van der Waals surface area contributed by atoms with Crippen molar-refractivity contribution in [2.24, 2.45) is 0 Å². The van der Waals surface area contributed by atoms with E-state index >= 15 is 0 Å². The summed E-state index contributed by atoms with van der Waals surface area (Å²) in [6, 6.07) is 8.12. The maximum atomic E-state index is 12.4. The van der Waals surface area contributed by atoms with E-state index in [4.69, 9.17) is 4.42 Å². The summed E-state index contributed by atoms with van der Waals surface area (Å²) in [5.41, 5.74) is 1.46. The van der Waals surface area contributed by atoms with E-state index in [1.807, 2.05) is 31.3 Å². The first-order valence-corrected chi connectivity index (χ1v) is 6.87. The number of carbonyl (C=O) groups excluding carboxylic acids is 1. The number of fused-ring (bicyclic) bond motifs is 1. The van der Waals surface area contributed by atoms with Crippen molar-refractivity contribution in [1.29, 1.82) is 0 Å². The first-order valence-electron chi connectivity index (χ1n) is 6.87. The van der Waals surface area contributed by atoms with Crippen LogP contribution in [0.4, 0.5) is 0 Å². The minimum atomic E-state index is 0.124. The molecular weight excluding hydrogens is 238 g/mol. The summed E-state index contributed by atoms with van der Waals surface area (Å²) >= 11 is 0. The lowest BCUT2D eigenvalue weighted by atomic mass is 10.1. The summed E-state index contributed by atoms with van der Waals surface area (Å²) < 4.78 is 5.43. The van der Waals surface area contributed by atoms with Crippen molar-refractivity contribution >= 4 is 16.8 Å². The monoisotopic (exact) mass is 259 g/mol. The van der Waals surface area contributed by atoms with Gasteiger partial charge in [0.2, 0.25) is 0 Å². The Morgan fingerprint density at radius 3 is 2.63 bits per heavy atom. The lowest BCUT2D eigenvalue weighted by Crippen LogP contribution is -2.35. The van der Waals surface area contributed by atoms with Crippen LogP contribution >= 0.6 is 0 Å². The van der Waals surface area contributed by atoms with E-state index in [1.54, 1.807) is 6.26 Å². The number of likely N-dealkylation sites (N-methyl/N-ethyl adjacent to an activating group) is 1. The van der Waals surface area contributed by atoms with Gasteiger partial charge in [0, 0.05) is 11.4 Å². The first-order chi connectivity index (χ1) is 9.17. The molecule has 0 N–H and O–H groups in total. The highest BCUT2D eigenvalue weighted by atomic mass is 16.3. The fourth-order valence-corrected chi connectivity index (χ4v) is 2.55. The molecule has 0 aliphatic rings. The van der Waals surface area contributed by atoms with Gasteiger partial charge in [-0.15, -0.1) is 0 Å². The molecule has 3 nitrogen and oxygen atoms in total. The van der Waals surface area contributed by atoms with E-state index in [0.717, 1.165) is 23.8 Å². The Morgan fingerprint density at radius 2 is 1.95 bits per heavy atom. The standard InChI is InChI=1S/C16H21NO2/c1-4-12(5-2)17(3)10-15(18)14-11-19-16-9-7-6-8-13(14)16/h6-9,11-12H,4-5,10H2,1-3H3. The smallest absolute Gasteiger partial charge is 0.180 e. The molecule has 2 rings (SSSR count). The van der Waals surface area contributed by atoms with Gasteiger partial charge in [-0.25, -0.2) is 0 Å². The third-order valence-corrected chi connectivity index (χ3v) is 3.74. The van der Waals surface area contributed by atoms with Crippen LogP contribution < -0.4 is 0 Å². The number of Topliss-reactive ketones (excluding diaryl/α,β-unsaturated/α-hetero) is 1. The molecule has 102 valence electrons. The Bertz CT molecular complexity index is 555. The minimum Gasteiger partial charge on any atom is -0.464 e. The van der Waals surface area contributed by atoms with Crippen LogP contribution in [-0.2, 0) is 0 Å². The predicted molar refractivity (Wildman–Crippen MR) is 77.5 cm³/mol. The van der Waals surface area contributed by atoms with Crippen molar-refractivity contribution < 1.29 is 9.21 Å². The zero-order chi connectivity index (χ0) is 13.8. The summed E-state index contributed by atoms with van der Waals surface area (Å²) in [6.45, 7) is 4.75. The molecular formula is C16H21NO2. The molecule has 2 aromatic rings. The summed E-state index contributed by atoms with van der Waals surface area (Å²) in [5.74, 6) is 0.124. The van der Waals surface area contributed by atoms with Crippen LogP contribution in [0.25, 0.3) is 11.0 Å². The van der Waals surface area contributed by atoms with Crippen LogP contribution in [-0.4, -0.2) is 30.3 Å². The second-order valence-electron chi connectivity index (χ2n) is 4.95. The number of nitrogens with zero attached hydrogens (tertiary/aromatic N) is 1. The van der Waals surface area contributed by atoms with Gasteiger partial charge in [-0.1, -0.05) is 32.0 Å². The highest BCUT2D eigenvalue weighted by molar-refractivity contribution is 6.08. The molecule has 0 radical (unpaired) electrons. The molecule has 1 aromatic carbocycles. The van der Waals surface area contributed by atoms with Crippen LogP contribution in [0, 0.1) is 0 Å². The number of hydrogen-bond donors (Lipinski definition) is 0. The lowest BCUT2D eigenvalue weighted by Gasteiger charge is -2.25. The van der Waals surface area contributed by atoms with E-state index in [0.29, 0.717) is 18.2 Å². The van der Waals surface area contributed by atoms with E-state index < -0.39 is 0 Å². The summed E-state index contributed by atoms with van der Waals surface area (Å²) in [4.78, 5) is 14.5. The van der Waals surface area contributed by atoms with E-state index in [9.17, 15) is 4.79 Å². The van der Waals surface area contributed by atoms with E-state index in [1.165, 1.54) is 0 Å². The molecule has 0 spiro atoms. The highest BCUT2D eigenvalue weighted by Gasteiger charge is 2.18.